The average Bonchev–Trinajstić information content (AvgIpc) is 2.96. The highest BCUT2D eigenvalue weighted by Crippen LogP contribution is 2.30. The van der Waals surface area contributed by atoms with Crippen LogP contribution in [0.1, 0.15) is 21.7 Å². The summed E-state index contributed by atoms with van der Waals surface area (Å²) in [6.07, 6.45) is -4.48. The number of alkyl halides is 3. The summed E-state index contributed by atoms with van der Waals surface area (Å²) in [7, 11) is 0. The molecule has 3 rings (SSSR count). The molecule has 1 N–H and O–H groups in total. The van der Waals surface area contributed by atoms with Crippen LogP contribution in [0.4, 0.5) is 18.9 Å². The van der Waals surface area contributed by atoms with Gasteiger partial charge in [0.25, 0.3) is 5.91 Å². The molecule has 0 spiro atoms. The lowest BCUT2D eigenvalue weighted by molar-refractivity contribution is -0.137. The van der Waals surface area contributed by atoms with E-state index in [0.29, 0.717) is 16.4 Å². The fraction of sp³-hybridized carbons (Fsp3) is 0.111. The van der Waals surface area contributed by atoms with Crippen molar-refractivity contribution < 1.29 is 18.0 Å². The maximum Gasteiger partial charge on any atom is 0.416 e. The van der Waals surface area contributed by atoms with E-state index in [1.807, 2.05) is 0 Å². The van der Waals surface area contributed by atoms with Gasteiger partial charge in [0.15, 0.2) is 5.69 Å². The standard InChI is InChI=1S/C18H13ClF3N3O/c1-11-8-16(24-25(11)15-7-3-5-13(19)10-15)17(26)23-14-6-2-4-12(9-14)18(20,21)22/h2-10H,1H3,(H,23,26). The zero-order valence-corrected chi connectivity index (χ0v) is 14.3. The quantitative estimate of drug-likeness (QED) is 0.687. The largest absolute Gasteiger partial charge is 0.416 e. The van der Waals surface area contributed by atoms with E-state index in [1.165, 1.54) is 16.8 Å². The van der Waals surface area contributed by atoms with Crippen molar-refractivity contribution in [1.29, 1.82) is 0 Å². The van der Waals surface area contributed by atoms with Crippen molar-refractivity contribution in [2.45, 2.75) is 13.1 Å². The normalized spacial score (nSPS) is 11.4. The molecule has 2 aromatic carbocycles. The monoisotopic (exact) mass is 379 g/mol. The van der Waals surface area contributed by atoms with Gasteiger partial charge in [-0.3, -0.25) is 4.79 Å². The van der Waals surface area contributed by atoms with Crippen molar-refractivity contribution in [2.24, 2.45) is 0 Å². The second-order valence-electron chi connectivity index (χ2n) is 5.60. The van der Waals surface area contributed by atoms with Gasteiger partial charge in [0.05, 0.1) is 11.3 Å². The Labute approximate surface area is 152 Å². The Morgan fingerprint density at radius 2 is 1.85 bits per heavy atom. The first-order valence-corrected chi connectivity index (χ1v) is 7.93. The van der Waals surface area contributed by atoms with E-state index in [-0.39, 0.29) is 11.4 Å². The van der Waals surface area contributed by atoms with Gasteiger partial charge in [0.1, 0.15) is 0 Å². The van der Waals surface area contributed by atoms with Crippen LogP contribution in [0.25, 0.3) is 5.69 Å². The summed E-state index contributed by atoms with van der Waals surface area (Å²) in [6.45, 7) is 1.76. The highest BCUT2D eigenvalue weighted by Gasteiger charge is 2.30. The molecule has 0 aliphatic heterocycles. The van der Waals surface area contributed by atoms with Gasteiger partial charge in [-0.2, -0.15) is 18.3 Å². The van der Waals surface area contributed by atoms with Gasteiger partial charge in [-0.25, -0.2) is 4.68 Å². The van der Waals surface area contributed by atoms with Crippen molar-refractivity contribution in [2.75, 3.05) is 5.32 Å². The molecule has 3 aromatic rings. The van der Waals surface area contributed by atoms with E-state index in [0.717, 1.165) is 12.1 Å². The van der Waals surface area contributed by atoms with Gasteiger partial charge in [-0.15, -0.1) is 0 Å². The zero-order valence-electron chi connectivity index (χ0n) is 13.5. The molecule has 0 aliphatic carbocycles. The molecule has 1 amide bonds. The minimum absolute atomic E-state index is 0.0415. The molecule has 26 heavy (non-hydrogen) atoms. The van der Waals surface area contributed by atoms with Crippen molar-refractivity contribution in [3.8, 4) is 5.69 Å². The van der Waals surface area contributed by atoms with Crippen molar-refractivity contribution in [1.82, 2.24) is 9.78 Å². The van der Waals surface area contributed by atoms with Crippen LogP contribution in [0.15, 0.2) is 54.6 Å². The molecule has 4 nitrogen and oxygen atoms in total. The first kappa shape index (κ1) is 18.0. The summed E-state index contributed by atoms with van der Waals surface area (Å²) >= 11 is 5.96. The number of rotatable bonds is 3. The molecular formula is C18H13ClF3N3O. The average molecular weight is 380 g/mol. The maximum absolute atomic E-state index is 12.8. The minimum atomic E-state index is -4.48. The van der Waals surface area contributed by atoms with E-state index >= 15 is 0 Å². The number of anilines is 1. The number of carbonyl (C=O) groups excluding carboxylic acids is 1. The number of aromatic nitrogens is 2. The van der Waals surface area contributed by atoms with Gasteiger partial charge < -0.3 is 5.32 Å². The van der Waals surface area contributed by atoms with Crippen molar-refractivity contribution in [3.05, 3.63) is 76.6 Å². The Hall–Kier alpha value is -2.80. The molecule has 1 heterocycles. The Morgan fingerprint density at radius 1 is 1.12 bits per heavy atom. The number of benzene rings is 2. The van der Waals surface area contributed by atoms with Crippen molar-refractivity contribution in [3.63, 3.8) is 0 Å². The molecule has 0 radical (unpaired) electrons. The van der Waals surface area contributed by atoms with Gasteiger partial charge >= 0.3 is 6.18 Å². The van der Waals surface area contributed by atoms with Crippen LogP contribution < -0.4 is 5.32 Å². The third kappa shape index (κ3) is 3.88. The Morgan fingerprint density at radius 3 is 2.54 bits per heavy atom. The fourth-order valence-electron chi connectivity index (χ4n) is 2.42. The molecule has 134 valence electrons. The number of amides is 1. The van der Waals surface area contributed by atoms with Gasteiger partial charge in [-0.05, 0) is 49.4 Å². The summed E-state index contributed by atoms with van der Waals surface area (Å²) in [6, 6.07) is 12.9. The third-order valence-electron chi connectivity index (χ3n) is 3.62. The van der Waals surface area contributed by atoms with E-state index in [9.17, 15) is 18.0 Å². The van der Waals surface area contributed by atoms with Crippen LogP contribution in [0.5, 0.6) is 0 Å². The lowest BCUT2D eigenvalue weighted by Crippen LogP contribution is -2.14. The molecular weight excluding hydrogens is 367 g/mol. The Balaban J connectivity index is 1.85. The van der Waals surface area contributed by atoms with Crippen LogP contribution in [0.3, 0.4) is 0 Å². The Kier molecular flexibility index (Phi) is 4.73. The Bertz CT molecular complexity index is 966. The van der Waals surface area contributed by atoms with Crippen LogP contribution in [0.2, 0.25) is 5.02 Å². The van der Waals surface area contributed by atoms with Crippen LogP contribution in [-0.2, 0) is 6.18 Å². The lowest BCUT2D eigenvalue weighted by atomic mass is 10.2. The van der Waals surface area contributed by atoms with E-state index in [2.05, 4.69) is 10.4 Å². The summed E-state index contributed by atoms with van der Waals surface area (Å²) in [5, 5.41) is 7.17. The third-order valence-corrected chi connectivity index (χ3v) is 3.86. The van der Waals surface area contributed by atoms with Crippen LogP contribution in [0, 0.1) is 6.92 Å². The minimum Gasteiger partial charge on any atom is -0.321 e. The second kappa shape index (κ2) is 6.84. The highest BCUT2D eigenvalue weighted by atomic mass is 35.5. The number of nitrogens with one attached hydrogen (secondary N) is 1. The maximum atomic E-state index is 12.8. The summed E-state index contributed by atoms with van der Waals surface area (Å²) < 4.78 is 39.8. The molecule has 0 aliphatic rings. The first-order valence-electron chi connectivity index (χ1n) is 7.55. The molecule has 1 aromatic heterocycles. The SMILES string of the molecule is Cc1cc(C(=O)Nc2cccc(C(F)(F)F)c2)nn1-c1cccc(Cl)c1. The molecule has 0 atom stereocenters. The number of aryl methyl sites for hydroxylation is 1. The predicted molar refractivity (Wildman–Crippen MR) is 92.7 cm³/mol. The van der Waals surface area contributed by atoms with E-state index < -0.39 is 17.6 Å². The summed E-state index contributed by atoms with van der Waals surface area (Å²) in [5.74, 6) is -0.604. The van der Waals surface area contributed by atoms with Gasteiger partial charge in [0, 0.05) is 16.4 Å². The number of halogens is 4. The van der Waals surface area contributed by atoms with E-state index in [4.69, 9.17) is 11.6 Å². The molecule has 0 unspecified atom stereocenters. The number of hydrogen-bond acceptors (Lipinski definition) is 2. The smallest absolute Gasteiger partial charge is 0.321 e. The molecule has 0 bridgehead atoms. The topological polar surface area (TPSA) is 46.9 Å². The zero-order chi connectivity index (χ0) is 18.9. The molecule has 8 heteroatoms. The van der Waals surface area contributed by atoms with Gasteiger partial charge in [0.2, 0.25) is 0 Å². The number of hydrogen-bond donors (Lipinski definition) is 1. The highest BCUT2D eigenvalue weighted by molar-refractivity contribution is 6.30. The molecule has 0 saturated heterocycles. The second-order valence-corrected chi connectivity index (χ2v) is 6.03. The van der Waals surface area contributed by atoms with Crippen LogP contribution in [-0.4, -0.2) is 15.7 Å². The molecule has 0 fully saturated rings. The first-order chi connectivity index (χ1) is 12.2. The lowest BCUT2D eigenvalue weighted by Gasteiger charge is -2.09. The summed E-state index contributed by atoms with van der Waals surface area (Å²) in [4.78, 5) is 12.3. The number of carbonyl (C=O) groups is 1. The molecule has 0 saturated carbocycles. The predicted octanol–water partition coefficient (Wildman–Crippen LogP) is 5.11. The van der Waals surface area contributed by atoms with Crippen LogP contribution >= 0.6 is 11.6 Å². The number of nitrogens with zero attached hydrogens (tertiary/aromatic N) is 2. The van der Waals surface area contributed by atoms with Crippen molar-refractivity contribution >= 4 is 23.2 Å². The fourth-order valence-corrected chi connectivity index (χ4v) is 2.61. The van der Waals surface area contributed by atoms with E-state index in [1.54, 1.807) is 37.3 Å². The van der Waals surface area contributed by atoms with Gasteiger partial charge in [-0.1, -0.05) is 23.7 Å². The summed E-state index contributed by atoms with van der Waals surface area (Å²) in [5.41, 5.74) is 0.644.